The highest BCUT2D eigenvalue weighted by molar-refractivity contribution is 7.13. The zero-order valence-electron chi connectivity index (χ0n) is 11.2. The summed E-state index contributed by atoms with van der Waals surface area (Å²) in [7, 11) is 0. The minimum absolute atomic E-state index is 0.461. The van der Waals surface area contributed by atoms with E-state index >= 15 is 0 Å². The molecule has 5 nitrogen and oxygen atoms in total. The Morgan fingerprint density at radius 1 is 1.63 bits per heavy atom. The van der Waals surface area contributed by atoms with Gasteiger partial charge in [0.15, 0.2) is 5.13 Å². The lowest BCUT2D eigenvalue weighted by molar-refractivity contribution is -0.138. The molecule has 1 atom stereocenters. The molecule has 2 rings (SSSR count). The van der Waals surface area contributed by atoms with E-state index < -0.39 is 12.0 Å². The van der Waals surface area contributed by atoms with Crippen molar-refractivity contribution in [1.29, 1.82) is 0 Å². The first-order valence-corrected chi connectivity index (χ1v) is 7.68. The number of hydrogen-bond donors (Lipinski definition) is 2. The Labute approximate surface area is 117 Å². The molecule has 19 heavy (non-hydrogen) atoms. The zero-order chi connectivity index (χ0) is 13.8. The van der Waals surface area contributed by atoms with Crippen molar-refractivity contribution in [2.24, 2.45) is 11.7 Å². The van der Waals surface area contributed by atoms with E-state index in [9.17, 15) is 4.79 Å². The Morgan fingerprint density at radius 3 is 2.89 bits per heavy atom. The first-order valence-electron chi connectivity index (χ1n) is 6.80. The van der Waals surface area contributed by atoms with E-state index in [1.165, 1.54) is 37.0 Å². The van der Waals surface area contributed by atoms with Gasteiger partial charge in [-0.2, -0.15) is 0 Å². The standard InChI is InChI=1S/C13H21N3O2S/c1-2-3-9-4-6-16(7-5-9)13-15-10(8-19-13)11(14)12(17)18/h8-9,11H,2-7,14H2,1H3,(H,17,18). The molecule has 6 heteroatoms. The quantitative estimate of drug-likeness (QED) is 0.866. The zero-order valence-corrected chi connectivity index (χ0v) is 12.0. The Morgan fingerprint density at radius 2 is 2.32 bits per heavy atom. The minimum atomic E-state index is -1.03. The van der Waals surface area contributed by atoms with Crippen LogP contribution in [0, 0.1) is 5.92 Å². The van der Waals surface area contributed by atoms with Crippen molar-refractivity contribution in [3.63, 3.8) is 0 Å². The van der Waals surface area contributed by atoms with Gasteiger partial charge in [-0.3, -0.25) is 4.79 Å². The molecule has 0 aromatic carbocycles. The molecule has 1 aliphatic heterocycles. The molecule has 0 saturated carbocycles. The van der Waals surface area contributed by atoms with Crippen molar-refractivity contribution in [3.8, 4) is 0 Å². The van der Waals surface area contributed by atoms with Crippen molar-refractivity contribution in [2.75, 3.05) is 18.0 Å². The molecule has 2 heterocycles. The number of rotatable bonds is 5. The number of thiazole rings is 1. The molecule has 1 aromatic heterocycles. The maximum Gasteiger partial charge on any atom is 0.326 e. The van der Waals surface area contributed by atoms with Crippen LogP contribution in [0.3, 0.4) is 0 Å². The van der Waals surface area contributed by atoms with Gasteiger partial charge >= 0.3 is 5.97 Å². The van der Waals surface area contributed by atoms with E-state index in [1.54, 1.807) is 5.38 Å². The van der Waals surface area contributed by atoms with Crippen LogP contribution in [-0.4, -0.2) is 29.1 Å². The maximum absolute atomic E-state index is 10.8. The van der Waals surface area contributed by atoms with E-state index in [0.29, 0.717) is 5.69 Å². The largest absolute Gasteiger partial charge is 0.480 e. The van der Waals surface area contributed by atoms with Crippen LogP contribution < -0.4 is 10.6 Å². The van der Waals surface area contributed by atoms with Gasteiger partial charge in [0.1, 0.15) is 6.04 Å². The SMILES string of the molecule is CCCC1CCN(c2nc(C(N)C(=O)O)cs2)CC1. The number of carboxylic acid groups (broad SMARTS) is 1. The summed E-state index contributed by atoms with van der Waals surface area (Å²) in [5.74, 6) is -0.194. The summed E-state index contributed by atoms with van der Waals surface area (Å²) in [6, 6.07) is -1.01. The smallest absolute Gasteiger partial charge is 0.326 e. The van der Waals surface area contributed by atoms with Gasteiger partial charge in [-0.1, -0.05) is 19.8 Å². The Hall–Kier alpha value is -1.14. The van der Waals surface area contributed by atoms with Crippen molar-refractivity contribution in [1.82, 2.24) is 4.98 Å². The van der Waals surface area contributed by atoms with E-state index in [0.717, 1.165) is 24.1 Å². The summed E-state index contributed by atoms with van der Waals surface area (Å²) in [4.78, 5) is 17.4. The van der Waals surface area contributed by atoms with Gasteiger partial charge < -0.3 is 15.7 Å². The number of carboxylic acids is 1. The molecule has 0 radical (unpaired) electrons. The molecular weight excluding hydrogens is 262 g/mol. The predicted molar refractivity (Wildman–Crippen MR) is 76.5 cm³/mol. The third-order valence-electron chi connectivity index (χ3n) is 3.68. The van der Waals surface area contributed by atoms with Gasteiger partial charge in [0, 0.05) is 18.5 Å². The number of nitrogens with zero attached hydrogens (tertiary/aromatic N) is 2. The Bertz CT molecular complexity index is 427. The van der Waals surface area contributed by atoms with E-state index in [4.69, 9.17) is 10.8 Å². The van der Waals surface area contributed by atoms with Crippen molar-refractivity contribution in [3.05, 3.63) is 11.1 Å². The average molecular weight is 283 g/mol. The van der Waals surface area contributed by atoms with Crippen molar-refractivity contribution in [2.45, 2.75) is 38.6 Å². The van der Waals surface area contributed by atoms with Gasteiger partial charge in [0.2, 0.25) is 0 Å². The molecule has 1 saturated heterocycles. The van der Waals surface area contributed by atoms with E-state index in [-0.39, 0.29) is 0 Å². The first-order chi connectivity index (χ1) is 9.11. The fourth-order valence-corrected chi connectivity index (χ4v) is 3.43. The lowest BCUT2D eigenvalue weighted by Crippen LogP contribution is -2.33. The molecule has 1 fully saturated rings. The van der Waals surface area contributed by atoms with Crippen LogP contribution in [0.5, 0.6) is 0 Å². The van der Waals surface area contributed by atoms with Gasteiger partial charge in [-0.15, -0.1) is 11.3 Å². The summed E-state index contributed by atoms with van der Waals surface area (Å²) in [6.45, 7) is 4.26. The monoisotopic (exact) mass is 283 g/mol. The van der Waals surface area contributed by atoms with Crippen LogP contribution in [0.4, 0.5) is 5.13 Å². The number of anilines is 1. The molecule has 0 amide bonds. The fraction of sp³-hybridized carbons (Fsp3) is 0.692. The van der Waals surface area contributed by atoms with E-state index in [1.807, 2.05) is 0 Å². The fourth-order valence-electron chi connectivity index (χ4n) is 2.51. The topological polar surface area (TPSA) is 79.5 Å². The van der Waals surface area contributed by atoms with Gasteiger partial charge in [-0.25, -0.2) is 4.98 Å². The number of nitrogens with two attached hydrogens (primary N) is 1. The molecule has 106 valence electrons. The van der Waals surface area contributed by atoms with Crippen LogP contribution in [0.1, 0.15) is 44.3 Å². The predicted octanol–water partition coefficient (Wildman–Crippen LogP) is 2.24. The summed E-state index contributed by atoms with van der Waals surface area (Å²) in [5, 5.41) is 11.5. The van der Waals surface area contributed by atoms with Gasteiger partial charge in [-0.05, 0) is 18.8 Å². The Kier molecular flexibility index (Phi) is 4.76. The highest BCUT2D eigenvalue weighted by atomic mass is 32.1. The Balaban J connectivity index is 1.95. The molecule has 0 aliphatic carbocycles. The number of aromatic nitrogens is 1. The molecule has 3 N–H and O–H groups in total. The van der Waals surface area contributed by atoms with Crippen LogP contribution in [0.15, 0.2) is 5.38 Å². The van der Waals surface area contributed by atoms with Crippen LogP contribution in [0.25, 0.3) is 0 Å². The lowest BCUT2D eigenvalue weighted by atomic mass is 9.93. The average Bonchev–Trinajstić information content (AvgIpc) is 2.88. The normalized spacial score (nSPS) is 18.5. The van der Waals surface area contributed by atoms with Gasteiger partial charge in [0.05, 0.1) is 5.69 Å². The molecular formula is C13H21N3O2S. The summed E-state index contributed by atoms with van der Waals surface area (Å²) in [6.07, 6.45) is 4.96. The highest BCUT2D eigenvalue weighted by Crippen LogP contribution is 2.29. The summed E-state index contributed by atoms with van der Waals surface area (Å²) >= 11 is 1.49. The van der Waals surface area contributed by atoms with Gasteiger partial charge in [0.25, 0.3) is 0 Å². The maximum atomic E-state index is 10.8. The van der Waals surface area contributed by atoms with E-state index in [2.05, 4.69) is 16.8 Å². The van der Waals surface area contributed by atoms with Crippen LogP contribution in [0.2, 0.25) is 0 Å². The second kappa shape index (κ2) is 6.34. The first kappa shape index (κ1) is 14.3. The molecule has 0 spiro atoms. The molecule has 1 aliphatic rings. The number of piperidine rings is 1. The van der Waals surface area contributed by atoms with Crippen LogP contribution >= 0.6 is 11.3 Å². The van der Waals surface area contributed by atoms with Crippen molar-refractivity contribution >= 4 is 22.4 Å². The second-order valence-electron chi connectivity index (χ2n) is 5.09. The third-order valence-corrected chi connectivity index (χ3v) is 4.60. The summed E-state index contributed by atoms with van der Waals surface area (Å²) < 4.78 is 0. The van der Waals surface area contributed by atoms with Crippen molar-refractivity contribution < 1.29 is 9.90 Å². The minimum Gasteiger partial charge on any atom is -0.480 e. The molecule has 0 bridgehead atoms. The lowest BCUT2D eigenvalue weighted by Gasteiger charge is -2.31. The third kappa shape index (κ3) is 3.45. The summed E-state index contributed by atoms with van der Waals surface area (Å²) in [5.41, 5.74) is 6.03. The number of carbonyl (C=O) groups is 1. The number of aliphatic carboxylic acids is 1. The number of hydrogen-bond acceptors (Lipinski definition) is 5. The second-order valence-corrected chi connectivity index (χ2v) is 5.93. The molecule has 1 aromatic rings. The molecule has 1 unspecified atom stereocenters. The van der Waals surface area contributed by atoms with Crippen LogP contribution in [-0.2, 0) is 4.79 Å². The highest BCUT2D eigenvalue weighted by Gasteiger charge is 2.23.